The first kappa shape index (κ1) is 18.9. The van der Waals surface area contributed by atoms with Crippen LogP contribution in [-0.2, 0) is 4.79 Å². The molecular weight excluding hydrogens is 386 g/mol. The van der Waals surface area contributed by atoms with E-state index in [9.17, 15) is 4.79 Å². The second-order valence-corrected chi connectivity index (χ2v) is 10.3. The molecule has 1 unspecified atom stereocenters. The molecule has 4 aliphatic rings. The van der Waals surface area contributed by atoms with Crippen molar-refractivity contribution in [3.63, 3.8) is 0 Å². The number of thioether (sulfide) groups is 1. The molecule has 4 aliphatic carbocycles. The van der Waals surface area contributed by atoms with Crippen molar-refractivity contribution in [2.24, 2.45) is 17.8 Å². The van der Waals surface area contributed by atoms with E-state index in [1.165, 1.54) is 31.0 Å². The number of nitrogens with zero attached hydrogens (tertiary/aromatic N) is 4. The van der Waals surface area contributed by atoms with Crippen LogP contribution in [-0.4, -0.2) is 44.0 Å². The standard InChI is InChI=1S/C21H27N5O2S/c1-13(19(27)22-21-10-14-7-15(11-21)9-16(8-14)12-21)29-20-23-24-25-26(20)17-5-3-4-6-18(17)28-2/h3-6,13-16H,7-12H2,1-2H3,(H,22,27). The zero-order chi connectivity index (χ0) is 20.0. The summed E-state index contributed by atoms with van der Waals surface area (Å²) in [6.45, 7) is 1.93. The van der Waals surface area contributed by atoms with E-state index in [1.807, 2.05) is 31.2 Å². The Kier molecular flexibility index (Phi) is 4.76. The fourth-order valence-electron chi connectivity index (χ4n) is 6.05. The Morgan fingerprint density at radius 1 is 1.21 bits per heavy atom. The molecule has 1 N–H and O–H groups in total. The van der Waals surface area contributed by atoms with Crippen molar-refractivity contribution in [3.8, 4) is 11.4 Å². The first-order chi connectivity index (χ1) is 14.0. The van der Waals surface area contributed by atoms with Crippen molar-refractivity contribution in [2.75, 3.05) is 7.11 Å². The van der Waals surface area contributed by atoms with E-state index in [0.717, 1.165) is 42.7 Å². The minimum Gasteiger partial charge on any atom is -0.494 e. The summed E-state index contributed by atoms with van der Waals surface area (Å²) in [4.78, 5) is 13.1. The highest BCUT2D eigenvalue weighted by Gasteiger charge is 2.51. The molecule has 2 aromatic rings. The van der Waals surface area contributed by atoms with Crippen LogP contribution in [0, 0.1) is 17.8 Å². The summed E-state index contributed by atoms with van der Waals surface area (Å²) in [7, 11) is 1.62. The topological polar surface area (TPSA) is 81.9 Å². The maximum Gasteiger partial charge on any atom is 0.233 e. The largest absolute Gasteiger partial charge is 0.494 e. The van der Waals surface area contributed by atoms with E-state index in [0.29, 0.717) is 10.9 Å². The second kappa shape index (κ2) is 7.31. The van der Waals surface area contributed by atoms with Crippen LogP contribution in [0.1, 0.15) is 45.4 Å². The van der Waals surface area contributed by atoms with Gasteiger partial charge in [0.2, 0.25) is 11.1 Å². The molecule has 4 bridgehead atoms. The molecule has 6 rings (SSSR count). The summed E-state index contributed by atoms with van der Waals surface area (Å²) in [6, 6.07) is 7.59. The molecule has 29 heavy (non-hydrogen) atoms. The van der Waals surface area contributed by atoms with E-state index >= 15 is 0 Å². The number of para-hydroxylation sites is 2. The third-order valence-electron chi connectivity index (χ3n) is 6.83. The molecular formula is C21H27N5O2S. The molecule has 1 heterocycles. The van der Waals surface area contributed by atoms with E-state index in [4.69, 9.17) is 4.74 Å². The van der Waals surface area contributed by atoms with Gasteiger partial charge in [-0.3, -0.25) is 4.79 Å². The smallest absolute Gasteiger partial charge is 0.233 e. The van der Waals surface area contributed by atoms with Crippen LogP contribution >= 0.6 is 11.8 Å². The van der Waals surface area contributed by atoms with Crippen LogP contribution in [0.3, 0.4) is 0 Å². The average Bonchev–Trinajstić information content (AvgIpc) is 3.14. The maximum atomic E-state index is 13.1. The van der Waals surface area contributed by atoms with Gasteiger partial charge < -0.3 is 10.1 Å². The summed E-state index contributed by atoms with van der Waals surface area (Å²) < 4.78 is 7.07. The number of benzene rings is 1. The number of hydrogen-bond donors (Lipinski definition) is 1. The number of amides is 1. The molecule has 4 fully saturated rings. The number of hydrogen-bond acceptors (Lipinski definition) is 6. The first-order valence-corrected chi connectivity index (χ1v) is 11.3. The van der Waals surface area contributed by atoms with Crippen molar-refractivity contribution in [1.82, 2.24) is 25.5 Å². The number of nitrogens with one attached hydrogen (secondary N) is 1. The van der Waals surface area contributed by atoms with Gasteiger partial charge in [0, 0.05) is 5.54 Å². The summed E-state index contributed by atoms with van der Waals surface area (Å²) in [5.41, 5.74) is 0.783. The maximum absolute atomic E-state index is 13.1. The Morgan fingerprint density at radius 3 is 2.52 bits per heavy atom. The highest BCUT2D eigenvalue weighted by Crippen LogP contribution is 2.55. The molecule has 0 saturated heterocycles. The zero-order valence-electron chi connectivity index (χ0n) is 16.9. The van der Waals surface area contributed by atoms with Gasteiger partial charge in [-0.15, -0.1) is 5.10 Å². The first-order valence-electron chi connectivity index (χ1n) is 10.5. The molecule has 1 atom stereocenters. The second-order valence-electron chi connectivity index (χ2n) is 8.99. The van der Waals surface area contributed by atoms with Crippen molar-refractivity contribution in [3.05, 3.63) is 24.3 Å². The Morgan fingerprint density at radius 2 is 1.86 bits per heavy atom. The van der Waals surface area contributed by atoms with E-state index in [-0.39, 0.29) is 16.7 Å². The fraction of sp³-hybridized carbons (Fsp3) is 0.619. The Balaban J connectivity index is 1.30. The summed E-state index contributed by atoms with van der Waals surface area (Å²) in [5, 5.41) is 15.8. The van der Waals surface area contributed by atoms with Crippen LogP contribution in [0.15, 0.2) is 29.4 Å². The summed E-state index contributed by atoms with van der Waals surface area (Å²) >= 11 is 1.39. The summed E-state index contributed by atoms with van der Waals surface area (Å²) in [6.07, 6.45) is 7.57. The van der Waals surface area contributed by atoms with Crippen LogP contribution in [0.5, 0.6) is 5.75 Å². The molecule has 1 amide bonds. The molecule has 7 nitrogen and oxygen atoms in total. The minimum absolute atomic E-state index is 0.0230. The van der Waals surface area contributed by atoms with Crippen molar-refractivity contribution >= 4 is 17.7 Å². The van der Waals surface area contributed by atoms with E-state index in [2.05, 4.69) is 20.8 Å². The zero-order valence-corrected chi connectivity index (χ0v) is 17.7. The van der Waals surface area contributed by atoms with Gasteiger partial charge in [0.1, 0.15) is 11.4 Å². The van der Waals surface area contributed by atoms with Crippen molar-refractivity contribution < 1.29 is 9.53 Å². The lowest BCUT2D eigenvalue weighted by molar-refractivity contribution is -0.126. The van der Waals surface area contributed by atoms with Crippen LogP contribution in [0.4, 0.5) is 0 Å². The Bertz CT molecular complexity index is 879. The van der Waals surface area contributed by atoms with Gasteiger partial charge in [-0.2, -0.15) is 4.68 Å². The Hall–Kier alpha value is -2.09. The van der Waals surface area contributed by atoms with E-state index in [1.54, 1.807) is 11.8 Å². The molecule has 0 spiro atoms. The molecule has 4 saturated carbocycles. The highest BCUT2D eigenvalue weighted by molar-refractivity contribution is 8.00. The number of aromatic nitrogens is 4. The minimum atomic E-state index is -0.275. The van der Waals surface area contributed by atoms with Crippen molar-refractivity contribution in [1.29, 1.82) is 0 Å². The number of rotatable bonds is 6. The van der Waals surface area contributed by atoms with Gasteiger partial charge in [0.05, 0.1) is 12.4 Å². The van der Waals surface area contributed by atoms with Crippen molar-refractivity contribution in [2.45, 2.75) is 61.4 Å². The quantitative estimate of drug-likeness (QED) is 0.732. The normalized spacial score (nSPS) is 30.9. The number of carbonyl (C=O) groups excluding carboxylic acids is 1. The monoisotopic (exact) mass is 413 g/mol. The predicted molar refractivity (Wildman–Crippen MR) is 110 cm³/mol. The lowest BCUT2D eigenvalue weighted by atomic mass is 9.53. The summed E-state index contributed by atoms with van der Waals surface area (Å²) in [5.74, 6) is 3.20. The molecule has 154 valence electrons. The molecule has 1 aromatic carbocycles. The van der Waals surface area contributed by atoms with Crippen LogP contribution in [0.2, 0.25) is 0 Å². The predicted octanol–water partition coefficient (Wildman–Crippen LogP) is 3.24. The third kappa shape index (κ3) is 3.52. The number of tetrazole rings is 1. The van der Waals surface area contributed by atoms with Crippen LogP contribution in [0.25, 0.3) is 5.69 Å². The molecule has 8 heteroatoms. The SMILES string of the molecule is COc1ccccc1-n1nnnc1SC(C)C(=O)NC12CC3CC(CC(C3)C1)C2. The van der Waals surface area contributed by atoms with Gasteiger partial charge in [0.25, 0.3) is 0 Å². The van der Waals surface area contributed by atoms with Crippen LogP contribution < -0.4 is 10.1 Å². The Labute approximate surface area is 175 Å². The van der Waals surface area contributed by atoms with Gasteiger partial charge >= 0.3 is 0 Å². The number of carbonyl (C=O) groups is 1. The molecule has 0 radical (unpaired) electrons. The van der Waals surface area contributed by atoms with Gasteiger partial charge in [-0.25, -0.2) is 0 Å². The highest BCUT2D eigenvalue weighted by atomic mass is 32.2. The number of methoxy groups -OCH3 is 1. The third-order valence-corrected chi connectivity index (χ3v) is 7.87. The molecule has 0 aliphatic heterocycles. The van der Waals surface area contributed by atoms with E-state index < -0.39 is 0 Å². The lowest BCUT2D eigenvalue weighted by Gasteiger charge is -2.57. The average molecular weight is 414 g/mol. The van der Waals surface area contributed by atoms with Gasteiger partial charge in [-0.05, 0) is 85.8 Å². The number of ether oxygens (including phenoxy) is 1. The fourth-order valence-corrected chi connectivity index (χ4v) is 6.85. The molecule has 1 aromatic heterocycles. The van der Waals surface area contributed by atoms with Gasteiger partial charge in [0.15, 0.2) is 0 Å². The lowest BCUT2D eigenvalue weighted by Crippen LogP contribution is -2.60. The van der Waals surface area contributed by atoms with Gasteiger partial charge in [-0.1, -0.05) is 23.9 Å².